The van der Waals surface area contributed by atoms with E-state index in [4.69, 9.17) is 9.47 Å². The average Bonchev–Trinajstić information content (AvgIpc) is 2.77. The number of likely N-dealkylation sites (tertiary alicyclic amines) is 2. The zero-order chi connectivity index (χ0) is 19.9. The number of piperidine rings is 2. The van der Waals surface area contributed by atoms with Gasteiger partial charge in [-0.25, -0.2) is 0 Å². The summed E-state index contributed by atoms with van der Waals surface area (Å²) in [6.07, 6.45) is 4.56. The van der Waals surface area contributed by atoms with Crippen LogP contribution in [0.15, 0.2) is 24.3 Å². The Hall–Kier alpha value is -2.12. The molecule has 0 radical (unpaired) electrons. The fraction of sp³-hybridized carbons (Fsp3) is 0.619. The Morgan fingerprint density at radius 3 is 2.43 bits per heavy atom. The second kappa shape index (κ2) is 9.89. The van der Waals surface area contributed by atoms with Crippen molar-refractivity contribution in [3.8, 4) is 5.75 Å². The first-order valence-electron chi connectivity index (χ1n) is 10.1. The molecule has 0 bridgehead atoms. The maximum Gasteiger partial charge on any atom is 0.251 e. The molecular weight excluding hydrogens is 358 g/mol. The molecule has 3 rings (SSSR count). The lowest BCUT2D eigenvalue weighted by molar-refractivity contribution is -0.131. The number of ether oxygens (including phenoxy) is 2. The van der Waals surface area contributed by atoms with Crippen LogP contribution in [-0.4, -0.2) is 80.7 Å². The number of hydrogen-bond donors (Lipinski definition) is 1. The van der Waals surface area contributed by atoms with E-state index in [1.54, 1.807) is 38.5 Å². The van der Waals surface area contributed by atoms with Crippen LogP contribution in [0.25, 0.3) is 0 Å². The molecule has 2 amide bonds. The molecule has 0 aromatic heterocycles. The van der Waals surface area contributed by atoms with Crippen LogP contribution in [0.4, 0.5) is 0 Å². The number of methoxy groups -OCH3 is 2. The van der Waals surface area contributed by atoms with E-state index in [1.807, 2.05) is 4.90 Å². The van der Waals surface area contributed by atoms with Crippen molar-refractivity contribution in [2.45, 2.75) is 37.8 Å². The van der Waals surface area contributed by atoms with Crippen LogP contribution in [-0.2, 0) is 9.53 Å². The summed E-state index contributed by atoms with van der Waals surface area (Å²) in [6, 6.07) is 7.46. The number of amides is 2. The topological polar surface area (TPSA) is 71.1 Å². The van der Waals surface area contributed by atoms with Crippen molar-refractivity contribution in [3.05, 3.63) is 29.8 Å². The van der Waals surface area contributed by atoms with Gasteiger partial charge in [-0.05, 0) is 43.9 Å². The van der Waals surface area contributed by atoms with Crippen molar-refractivity contribution in [2.24, 2.45) is 0 Å². The van der Waals surface area contributed by atoms with Crippen molar-refractivity contribution in [1.29, 1.82) is 0 Å². The van der Waals surface area contributed by atoms with E-state index < -0.39 is 0 Å². The molecular formula is C21H31N3O4. The van der Waals surface area contributed by atoms with Gasteiger partial charge in [0, 0.05) is 44.9 Å². The first kappa shape index (κ1) is 20.6. The highest BCUT2D eigenvalue weighted by atomic mass is 16.5. The van der Waals surface area contributed by atoms with E-state index in [0.717, 1.165) is 51.9 Å². The van der Waals surface area contributed by atoms with Crippen molar-refractivity contribution >= 4 is 11.8 Å². The molecule has 2 aliphatic heterocycles. The number of nitrogens with one attached hydrogen (secondary N) is 1. The molecule has 0 spiro atoms. The summed E-state index contributed by atoms with van der Waals surface area (Å²) in [5, 5.41) is 2.72. The first-order valence-corrected chi connectivity index (χ1v) is 10.1. The van der Waals surface area contributed by atoms with Crippen LogP contribution in [0.5, 0.6) is 5.75 Å². The van der Waals surface area contributed by atoms with Gasteiger partial charge in [0.2, 0.25) is 5.91 Å². The Balaban J connectivity index is 1.41. The molecule has 0 aliphatic carbocycles. The minimum absolute atomic E-state index is 0.0206. The third kappa shape index (κ3) is 5.23. The second-order valence-corrected chi connectivity index (χ2v) is 7.50. The number of carbonyl (C=O) groups excluding carboxylic acids is 2. The minimum atomic E-state index is -0.261. The Labute approximate surface area is 167 Å². The summed E-state index contributed by atoms with van der Waals surface area (Å²) in [4.78, 5) is 29.1. The molecule has 7 heteroatoms. The van der Waals surface area contributed by atoms with E-state index in [1.165, 1.54) is 0 Å². The predicted molar refractivity (Wildman–Crippen MR) is 107 cm³/mol. The van der Waals surface area contributed by atoms with Gasteiger partial charge in [-0.1, -0.05) is 6.07 Å². The largest absolute Gasteiger partial charge is 0.497 e. The molecule has 2 aliphatic rings. The molecule has 2 saturated heterocycles. The summed E-state index contributed by atoms with van der Waals surface area (Å²) in [6.45, 7) is 3.69. The van der Waals surface area contributed by atoms with Gasteiger partial charge in [0.15, 0.2) is 0 Å². The molecule has 1 N–H and O–H groups in total. The van der Waals surface area contributed by atoms with Crippen LogP contribution < -0.4 is 10.1 Å². The zero-order valence-corrected chi connectivity index (χ0v) is 16.9. The summed E-state index contributed by atoms with van der Waals surface area (Å²) >= 11 is 0. The van der Waals surface area contributed by atoms with E-state index in [2.05, 4.69) is 10.2 Å². The monoisotopic (exact) mass is 389 g/mol. The molecule has 0 unspecified atom stereocenters. The summed E-state index contributed by atoms with van der Waals surface area (Å²) in [5.74, 6) is 0.339. The molecule has 7 nitrogen and oxygen atoms in total. The molecule has 0 atom stereocenters. The summed E-state index contributed by atoms with van der Waals surface area (Å²) in [7, 11) is 3.35. The first-order chi connectivity index (χ1) is 13.6. The van der Waals surface area contributed by atoms with E-state index in [-0.39, 0.29) is 18.4 Å². The number of carbonyl (C=O) groups is 2. The molecule has 2 heterocycles. The Morgan fingerprint density at radius 1 is 1.07 bits per heavy atom. The number of nitrogens with zero attached hydrogens (tertiary/aromatic N) is 2. The molecule has 1 aromatic carbocycles. The van der Waals surface area contributed by atoms with Gasteiger partial charge < -0.3 is 24.6 Å². The van der Waals surface area contributed by atoms with E-state index in [0.29, 0.717) is 23.5 Å². The predicted octanol–water partition coefficient (Wildman–Crippen LogP) is 1.53. The highest BCUT2D eigenvalue weighted by Crippen LogP contribution is 2.22. The van der Waals surface area contributed by atoms with Crippen LogP contribution >= 0.6 is 0 Å². The van der Waals surface area contributed by atoms with Gasteiger partial charge in [0.25, 0.3) is 5.91 Å². The van der Waals surface area contributed by atoms with Gasteiger partial charge in [-0.2, -0.15) is 0 Å². The fourth-order valence-electron chi connectivity index (χ4n) is 4.09. The van der Waals surface area contributed by atoms with Gasteiger partial charge in [0.1, 0.15) is 5.75 Å². The smallest absolute Gasteiger partial charge is 0.251 e. The van der Waals surface area contributed by atoms with Crippen LogP contribution in [0.3, 0.4) is 0 Å². The Kier molecular flexibility index (Phi) is 7.28. The maximum atomic E-state index is 12.5. The third-order valence-electron chi connectivity index (χ3n) is 5.88. The third-order valence-corrected chi connectivity index (χ3v) is 5.88. The lowest BCUT2D eigenvalue weighted by Gasteiger charge is -2.41. The van der Waals surface area contributed by atoms with Crippen molar-refractivity contribution < 1.29 is 19.1 Å². The maximum absolute atomic E-state index is 12.5. The standard InChI is InChI=1S/C21H31N3O4/c1-27-18-8-12-23(13-9-18)17-6-10-24(11-7-17)20(25)15-22-21(26)16-4-3-5-19(14-16)28-2/h3-5,14,17-18H,6-13,15H2,1-2H3,(H,22,26). The Bertz CT molecular complexity index is 665. The van der Waals surface area contributed by atoms with Crippen molar-refractivity contribution in [2.75, 3.05) is 46.9 Å². The number of rotatable bonds is 6. The number of hydrogen-bond acceptors (Lipinski definition) is 5. The van der Waals surface area contributed by atoms with E-state index >= 15 is 0 Å². The minimum Gasteiger partial charge on any atom is -0.497 e. The highest BCUT2D eigenvalue weighted by molar-refractivity contribution is 5.96. The van der Waals surface area contributed by atoms with Crippen LogP contribution in [0.1, 0.15) is 36.0 Å². The molecule has 2 fully saturated rings. The van der Waals surface area contributed by atoms with Crippen LogP contribution in [0.2, 0.25) is 0 Å². The molecule has 154 valence electrons. The Morgan fingerprint density at radius 2 is 1.79 bits per heavy atom. The van der Waals surface area contributed by atoms with Gasteiger partial charge >= 0.3 is 0 Å². The molecule has 1 aromatic rings. The summed E-state index contributed by atoms with van der Waals surface area (Å²) < 4.78 is 10.6. The average molecular weight is 389 g/mol. The lowest BCUT2D eigenvalue weighted by atomic mass is 9.99. The van der Waals surface area contributed by atoms with E-state index in [9.17, 15) is 9.59 Å². The fourth-order valence-corrected chi connectivity index (χ4v) is 4.09. The van der Waals surface area contributed by atoms with Gasteiger partial charge in [-0.15, -0.1) is 0 Å². The number of benzene rings is 1. The van der Waals surface area contributed by atoms with Gasteiger partial charge in [-0.3, -0.25) is 9.59 Å². The van der Waals surface area contributed by atoms with Gasteiger partial charge in [0.05, 0.1) is 19.8 Å². The van der Waals surface area contributed by atoms with Crippen molar-refractivity contribution in [1.82, 2.24) is 15.1 Å². The summed E-state index contributed by atoms with van der Waals surface area (Å²) in [5.41, 5.74) is 0.491. The SMILES string of the molecule is COc1cccc(C(=O)NCC(=O)N2CCC(N3CCC(OC)CC3)CC2)c1. The molecule has 28 heavy (non-hydrogen) atoms. The van der Waals surface area contributed by atoms with Crippen LogP contribution in [0, 0.1) is 0 Å². The zero-order valence-electron chi connectivity index (χ0n) is 16.9. The lowest BCUT2D eigenvalue weighted by Crippen LogP contribution is -2.51. The van der Waals surface area contributed by atoms with Crippen molar-refractivity contribution in [3.63, 3.8) is 0 Å². The normalized spacial score (nSPS) is 19.4. The molecule has 0 saturated carbocycles. The highest BCUT2D eigenvalue weighted by Gasteiger charge is 2.29. The second-order valence-electron chi connectivity index (χ2n) is 7.50. The quantitative estimate of drug-likeness (QED) is 0.799.